The van der Waals surface area contributed by atoms with Crippen LogP contribution in [0.5, 0.6) is 0 Å². The van der Waals surface area contributed by atoms with Gasteiger partial charge in [0.15, 0.2) is 0 Å². The first kappa shape index (κ1) is 12.6. The van der Waals surface area contributed by atoms with Crippen molar-refractivity contribution in [3.8, 4) is 0 Å². The zero-order chi connectivity index (χ0) is 11.5. The molecule has 0 radical (unpaired) electrons. The van der Waals surface area contributed by atoms with E-state index >= 15 is 0 Å². The maximum absolute atomic E-state index is 13.1. The van der Waals surface area contributed by atoms with E-state index in [9.17, 15) is 13.6 Å². The van der Waals surface area contributed by atoms with Gasteiger partial charge < -0.3 is 10.8 Å². The van der Waals surface area contributed by atoms with Crippen LogP contribution in [0.1, 0.15) is 20.8 Å². The van der Waals surface area contributed by atoms with E-state index in [4.69, 9.17) is 10.8 Å². The van der Waals surface area contributed by atoms with Gasteiger partial charge in [-0.3, -0.25) is 4.79 Å². The number of hydrogen-bond acceptors (Lipinski definition) is 2. The van der Waals surface area contributed by atoms with Gasteiger partial charge in [0, 0.05) is 0 Å². The number of carbonyl (C=O) groups is 1. The molecular weight excluding hydrogens is 192 g/mol. The summed E-state index contributed by atoms with van der Waals surface area (Å²) in [5, 5.41) is 8.65. The zero-order valence-electron chi connectivity index (χ0n) is 8.27. The van der Waals surface area contributed by atoms with Crippen LogP contribution in [-0.2, 0) is 4.79 Å². The number of nitrogens with two attached hydrogens (primary N) is 1. The lowest BCUT2D eigenvalue weighted by Gasteiger charge is -2.13. The van der Waals surface area contributed by atoms with Crippen molar-refractivity contribution >= 4 is 5.97 Å². The highest BCUT2D eigenvalue weighted by atomic mass is 19.1. The highest BCUT2D eigenvalue weighted by Crippen LogP contribution is 2.23. The van der Waals surface area contributed by atoms with Crippen LogP contribution in [0.3, 0.4) is 0 Å². The molecule has 0 amide bonds. The van der Waals surface area contributed by atoms with Gasteiger partial charge in [-0.1, -0.05) is 0 Å². The minimum Gasteiger partial charge on any atom is -0.481 e. The molecule has 0 aliphatic carbocycles. The van der Waals surface area contributed by atoms with Gasteiger partial charge in [0.1, 0.15) is 11.7 Å². The Kier molecular flexibility index (Phi) is 3.80. The first-order valence-corrected chi connectivity index (χ1v) is 3.92. The van der Waals surface area contributed by atoms with E-state index in [0.29, 0.717) is 0 Å². The minimum atomic E-state index is -1.41. The molecule has 0 bridgehead atoms. The standard InChI is InChI=1S/C9H13F2NO2/c1-5(10)7(12)6(11)4-9(2,3)8(13)14/h4H,12H2,1-3H3,(H,13,14)/b6-4+,7-5-. The predicted molar refractivity (Wildman–Crippen MR) is 48.6 cm³/mol. The SMILES string of the molecule is C/C(F)=C(N)\C(F)=C/C(C)(C)C(=O)O. The highest BCUT2D eigenvalue weighted by Gasteiger charge is 2.26. The maximum Gasteiger partial charge on any atom is 0.313 e. The molecule has 0 unspecified atom stereocenters. The molecule has 0 aromatic carbocycles. The normalized spacial score (nSPS) is 15.1. The number of halogens is 2. The van der Waals surface area contributed by atoms with E-state index in [-0.39, 0.29) is 0 Å². The van der Waals surface area contributed by atoms with E-state index in [0.717, 1.165) is 13.0 Å². The Morgan fingerprint density at radius 2 is 1.86 bits per heavy atom. The summed E-state index contributed by atoms with van der Waals surface area (Å²) in [5.41, 5.74) is 2.96. The highest BCUT2D eigenvalue weighted by molar-refractivity contribution is 5.76. The van der Waals surface area contributed by atoms with Gasteiger partial charge in [-0.2, -0.15) is 0 Å². The molecular formula is C9H13F2NO2. The van der Waals surface area contributed by atoms with Crippen LogP contribution in [0.4, 0.5) is 8.78 Å². The van der Waals surface area contributed by atoms with Crippen molar-refractivity contribution in [1.29, 1.82) is 0 Å². The molecule has 0 saturated carbocycles. The third-order valence-corrected chi connectivity index (χ3v) is 1.67. The van der Waals surface area contributed by atoms with Gasteiger partial charge >= 0.3 is 5.97 Å². The van der Waals surface area contributed by atoms with Crippen molar-refractivity contribution in [2.75, 3.05) is 0 Å². The summed E-state index contributed by atoms with van der Waals surface area (Å²) in [6.07, 6.45) is 0.772. The summed E-state index contributed by atoms with van der Waals surface area (Å²) in [4.78, 5) is 10.6. The topological polar surface area (TPSA) is 63.3 Å². The Morgan fingerprint density at radius 3 is 2.14 bits per heavy atom. The molecule has 3 N–H and O–H groups in total. The molecule has 3 nitrogen and oxygen atoms in total. The van der Waals surface area contributed by atoms with Gasteiger partial charge in [-0.25, -0.2) is 8.78 Å². The van der Waals surface area contributed by atoms with E-state index in [2.05, 4.69) is 0 Å². The monoisotopic (exact) mass is 205 g/mol. The van der Waals surface area contributed by atoms with Crippen molar-refractivity contribution in [1.82, 2.24) is 0 Å². The maximum atomic E-state index is 13.1. The molecule has 0 heterocycles. The molecule has 80 valence electrons. The lowest BCUT2D eigenvalue weighted by Crippen LogP contribution is -2.21. The zero-order valence-corrected chi connectivity index (χ0v) is 8.27. The largest absolute Gasteiger partial charge is 0.481 e. The summed E-state index contributed by atoms with van der Waals surface area (Å²) < 4.78 is 25.5. The average Bonchev–Trinajstić information content (AvgIpc) is 2.01. The summed E-state index contributed by atoms with van der Waals surface area (Å²) in [6.45, 7) is 3.57. The fraction of sp³-hybridized carbons (Fsp3) is 0.444. The van der Waals surface area contributed by atoms with Crippen LogP contribution in [0.2, 0.25) is 0 Å². The van der Waals surface area contributed by atoms with Crippen molar-refractivity contribution < 1.29 is 18.7 Å². The quantitative estimate of drug-likeness (QED) is 0.693. The molecule has 0 fully saturated rings. The first-order chi connectivity index (χ1) is 6.18. The molecule has 0 aliphatic rings. The summed E-state index contributed by atoms with van der Waals surface area (Å²) >= 11 is 0. The van der Waals surface area contributed by atoms with Crippen LogP contribution in [0.25, 0.3) is 0 Å². The summed E-state index contributed by atoms with van der Waals surface area (Å²) in [7, 11) is 0. The third-order valence-electron chi connectivity index (χ3n) is 1.67. The summed E-state index contributed by atoms with van der Waals surface area (Å²) in [5.74, 6) is -3.14. The minimum absolute atomic E-state index is 0.667. The van der Waals surface area contributed by atoms with Gasteiger partial charge in [0.25, 0.3) is 0 Å². The summed E-state index contributed by atoms with van der Waals surface area (Å²) in [6, 6.07) is 0. The van der Waals surface area contributed by atoms with Gasteiger partial charge in [0.05, 0.1) is 11.1 Å². The van der Waals surface area contributed by atoms with Gasteiger partial charge in [-0.15, -0.1) is 0 Å². The fourth-order valence-corrected chi connectivity index (χ4v) is 0.621. The van der Waals surface area contributed by atoms with Crippen molar-refractivity contribution in [2.45, 2.75) is 20.8 Å². The van der Waals surface area contributed by atoms with E-state index in [1.54, 1.807) is 0 Å². The molecule has 0 spiro atoms. The van der Waals surface area contributed by atoms with Crippen LogP contribution in [0.15, 0.2) is 23.4 Å². The number of rotatable bonds is 3. The second-order valence-electron chi connectivity index (χ2n) is 3.47. The molecule has 0 atom stereocenters. The van der Waals surface area contributed by atoms with Crippen LogP contribution < -0.4 is 5.73 Å². The smallest absolute Gasteiger partial charge is 0.313 e. The van der Waals surface area contributed by atoms with Crippen molar-refractivity contribution in [3.63, 3.8) is 0 Å². The Bertz CT molecular complexity index is 302. The Hall–Kier alpha value is -1.39. The number of hydrogen-bond donors (Lipinski definition) is 2. The molecule has 14 heavy (non-hydrogen) atoms. The second kappa shape index (κ2) is 4.21. The Balaban J connectivity index is 5.05. The molecule has 5 heteroatoms. The van der Waals surface area contributed by atoms with Crippen LogP contribution in [-0.4, -0.2) is 11.1 Å². The fourth-order valence-electron chi connectivity index (χ4n) is 0.621. The molecule has 0 aromatic rings. The van der Waals surface area contributed by atoms with Crippen molar-refractivity contribution in [2.24, 2.45) is 11.1 Å². The Labute approximate surface area is 80.9 Å². The predicted octanol–water partition coefficient (Wildman–Crippen LogP) is 2.11. The molecule has 0 aliphatic heterocycles. The first-order valence-electron chi connectivity index (χ1n) is 3.92. The lowest BCUT2D eigenvalue weighted by atomic mass is 9.93. The molecule has 0 rings (SSSR count). The number of allylic oxidation sites excluding steroid dienone is 2. The number of aliphatic carboxylic acids is 1. The molecule has 0 aromatic heterocycles. The van der Waals surface area contributed by atoms with Crippen LogP contribution in [0, 0.1) is 5.41 Å². The van der Waals surface area contributed by atoms with E-state index in [1.807, 2.05) is 0 Å². The third kappa shape index (κ3) is 3.16. The van der Waals surface area contributed by atoms with E-state index in [1.165, 1.54) is 13.8 Å². The average molecular weight is 205 g/mol. The van der Waals surface area contributed by atoms with Crippen LogP contribution >= 0.6 is 0 Å². The van der Waals surface area contributed by atoms with Gasteiger partial charge in [0.2, 0.25) is 0 Å². The van der Waals surface area contributed by atoms with Gasteiger partial charge in [-0.05, 0) is 26.8 Å². The van der Waals surface area contributed by atoms with Crippen molar-refractivity contribution in [3.05, 3.63) is 23.4 Å². The second-order valence-corrected chi connectivity index (χ2v) is 3.47. The number of carboxylic acid groups (broad SMARTS) is 1. The lowest BCUT2D eigenvalue weighted by molar-refractivity contribution is -0.144. The molecule has 0 saturated heterocycles. The number of carboxylic acids is 1. The Morgan fingerprint density at radius 1 is 1.43 bits per heavy atom. The van der Waals surface area contributed by atoms with E-state index < -0.39 is 28.7 Å².